The third kappa shape index (κ3) is 2.29. The van der Waals surface area contributed by atoms with Crippen molar-refractivity contribution in [1.82, 2.24) is 9.97 Å². The summed E-state index contributed by atoms with van der Waals surface area (Å²) < 4.78 is 23.6. The van der Waals surface area contributed by atoms with Gasteiger partial charge in [0.05, 0.1) is 20.8 Å². The van der Waals surface area contributed by atoms with Gasteiger partial charge in [0.1, 0.15) is 11.6 Å². The molecule has 1 unspecified atom stereocenters. The lowest BCUT2D eigenvalue weighted by molar-refractivity contribution is 0.601. The summed E-state index contributed by atoms with van der Waals surface area (Å²) in [5.74, 6) is 1.28. The average molecular weight is 353 g/mol. The van der Waals surface area contributed by atoms with Crippen LogP contribution in [0.2, 0.25) is 0 Å². The number of anilines is 1. The van der Waals surface area contributed by atoms with Gasteiger partial charge in [-0.2, -0.15) is 0 Å². The minimum Gasteiger partial charge on any atom is -0.383 e. The summed E-state index contributed by atoms with van der Waals surface area (Å²) in [4.78, 5) is 8.49. The number of aryl methyl sites for hydroxylation is 1. The van der Waals surface area contributed by atoms with Crippen molar-refractivity contribution < 1.29 is 8.42 Å². The van der Waals surface area contributed by atoms with Gasteiger partial charge in [0.2, 0.25) is 0 Å². The molecule has 1 aliphatic heterocycles. The first-order valence-electron chi connectivity index (χ1n) is 4.89. The topological polar surface area (TPSA) is 85.9 Å². The fourth-order valence-corrected chi connectivity index (χ4v) is 3.77. The number of hydrogen-bond acceptors (Lipinski definition) is 5. The number of halogens is 1. The SMILES string of the molecule is Cc1nc(C2CCS(=O)(=O)C2)nc(N)c1I. The Morgan fingerprint density at radius 2 is 2.12 bits per heavy atom. The van der Waals surface area contributed by atoms with Gasteiger partial charge in [-0.15, -0.1) is 0 Å². The van der Waals surface area contributed by atoms with E-state index in [-0.39, 0.29) is 17.4 Å². The van der Waals surface area contributed by atoms with Gasteiger partial charge in [-0.25, -0.2) is 18.4 Å². The highest BCUT2D eigenvalue weighted by molar-refractivity contribution is 14.1. The Morgan fingerprint density at radius 3 is 2.62 bits per heavy atom. The molecule has 1 saturated heterocycles. The van der Waals surface area contributed by atoms with Gasteiger partial charge in [0.15, 0.2) is 9.84 Å². The molecule has 0 bridgehead atoms. The van der Waals surface area contributed by atoms with Crippen LogP contribution < -0.4 is 5.73 Å². The van der Waals surface area contributed by atoms with E-state index in [0.29, 0.717) is 18.1 Å². The van der Waals surface area contributed by atoms with E-state index in [0.717, 1.165) is 9.26 Å². The van der Waals surface area contributed by atoms with Gasteiger partial charge in [-0.05, 0) is 35.9 Å². The van der Waals surface area contributed by atoms with E-state index in [2.05, 4.69) is 32.6 Å². The van der Waals surface area contributed by atoms with E-state index >= 15 is 0 Å². The highest BCUT2D eigenvalue weighted by atomic mass is 127. The van der Waals surface area contributed by atoms with Crippen LogP contribution >= 0.6 is 22.6 Å². The van der Waals surface area contributed by atoms with E-state index in [1.807, 2.05) is 6.92 Å². The first-order valence-corrected chi connectivity index (χ1v) is 7.79. The van der Waals surface area contributed by atoms with Crippen molar-refractivity contribution in [3.63, 3.8) is 0 Å². The van der Waals surface area contributed by atoms with Crippen LogP contribution in [0.3, 0.4) is 0 Å². The summed E-state index contributed by atoms with van der Waals surface area (Å²) in [7, 11) is -2.90. The first-order chi connectivity index (χ1) is 7.39. The molecule has 2 heterocycles. The van der Waals surface area contributed by atoms with Crippen LogP contribution in [0.15, 0.2) is 0 Å². The summed E-state index contributed by atoms with van der Waals surface area (Å²) in [5, 5.41) is 0. The van der Waals surface area contributed by atoms with E-state index in [1.165, 1.54) is 0 Å². The third-order valence-electron chi connectivity index (χ3n) is 2.66. The Balaban J connectivity index is 2.36. The van der Waals surface area contributed by atoms with Gasteiger partial charge in [0.25, 0.3) is 0 Å². The minimum atomic E-state index is -2.90. The van der Waals surface area contributed by atoms with E-state index in [1.54, 1.807) is 0 Å². The number of nitrogens with zero attached hydrogens (tertiary/aromatic N) is 2. The van der Waals surface area contributed by atoms with Crippen molar-refractivity contribution in [2.24, 2.45) is 0 Å². The second-order valence-corrected chi connectivity index (χ2v) is 7.27. The molecule has 2 N–H and O–H groups in total. The molecule has 2 rings (SSSR count). The smallest absolute Gasteiger partial charge is 0.151 e. The third-order valence-corrected chi connectivity index (χ3v) is 5.76. The highest BCUT2D eigenvalue weighted by Crippen LogP contribution is 2.28. The maximum absolute atomic E-state index is 11.4. The predicted molar refractivity (Wildman–Crippen MR) is 69.9 cm³/mol. The highest BCUT2D eigenvalue weighted by Gasteiger charge is 2.31. The monoisotopic (exact) mass is 353 g/mol. The normalized spacial score (nSPS) is 23.5. The summed E-state index contributed by atoms with van der Waals surface area (Å²) >= 11 is 2.09. The molecule has 0 aliphatic carbocycles. The largest absolute Gasteiger partial charge is 0.383 e. The van der Waals surface area contributed by atoms with Gasteiger partial charge >= 0.3 is 0 Å². The molecule has 0 radical (unpaired) electrons. The second kappa shape index (κ2) is 4.10. The molecule has 0 saturated carbocycles. The van der Waals surface area contributed by atoms with Gasteiger partial charge in [-0.3, -0.25) is 0 Å². The summed E-state index contributed by atoms with van der Waals surface area (Å²) in [5.41, 5.74) is 6.56. The quantitative estimate of drug-likeness (QED) is 0.758. The van der Waals surface area contributed by atoms with Crippen molar-refractivity contribution in [3.8, 4) is 0 Å². The van der Waals surface area contributed by atoms with Crippen LogP contribution in [0, 0.1) is 10.5 Å². The number of nitrogen functional groups attached to an aromatic ring is 1. The van der Waals surface area contributed by atoms with Crippen LogP contribution in [-0.4, -0.2) is 29.9 Å². The second-order valence-electron chi connectivity index (χ2n) is 3.97. The molecule has 1 aromatic rings. The Morgan fingerprint density at radius 1 is 1.44 bits per heavy atom. The molecule has 1 fully saturated rings. The van der Waals surface area contributed by atoms with E-state index in [9.17, 15) is 8.42 Å². The van der Waals surface area contributed by atoms with Crippen molar-refractivity contribution in [2.75, 3.05) is 17.2 Å². The zero-order valence-electron chi connectivity index (χ0n) is 8.77. The van der Waals surface area contributed by atoms with Crippen molar-refractivity contribution in [1.29, 1.82) is 0 Å². The number of nitrogens with two attached hydrogens (primary N) is 1. The average Bonchev–Trinajstić information content (AvgIpc) is 2.54. The zero-order valence-corrected chi connectivity index (χ0v) is 11.7. The minimum absolute atomic E-state index is 0.0944. The van der Waals surface area contributed by atoms with Crippen LogP contribution in [0.25, 0.3) is 0 Å². The first kappa shape index (κ1) is 12.0. The lowest BCUT2D eigenvalue weighted by Gasteiger charge is -2.09. The number of sulfone groups is 1. The summed E-state index contributed by atoms with van der Waals surface area (Å²) in [6, 6.07) is 0. The van der Waals surface area contributed by atoms with Crippen LogP contribution in [-0.2, 0) is 9.84 Å². The summed E-state index contributed by atoms with van der Waals surface area (Å²) in [6.07, 6.45) is 0.599. The molecular formula is C9H12IN3O2S. The standard InChI is InChI=1S/C9H12IN3O2S/c1-5-7(10)8(11)13-9(12-5)6-2-3-16(14,15)4-6/h6H,2-4H2,1H3,(H2,11,12,13). The number of rotatable bonds is 1. The van der Waals surface area contributed by atoms with Crippen LogP contribution in [0.5, 0.6) is 0 Å². The Labute approximate surface area is 108 Å². The molecule has 0 spiro atoms. The molecule has 5 nitrogen and oxygen atoms in total. The molecule has 1 aromatic heterocycles. The lowest BCUT2D eigenvalue weighted by Crippen LogP contribution is -2.11. The number of aromatic nitrogens is 2. The number of hydrogen-bond donors (Lipinski definition) is 1. The maximum Gasteiger partial charge on any atom is 0.151 e. The van der Waals surface area contributed by atoms with Crippen LogP contribution in [0.1, 0.15) is 23.9 Å². The van der Waals surface area contributed by atoms with Gasteiger partial charge < -0.3 is 5.73 Å². The van der Waals surface area contributed by atoms with Gasteiger partial charge in [0, 0.05) is 5.92 Å². The van der Waals surface area contributed by atoms with Crippen molar-refractivity contribution >= 4 is 38.2 Å². The fourth-order valence-electron chi connectivity index (χ4n) is 1.78. The molecule has 0 amide bonds. The predicted octanol–water partition coefficient (Wildman–Crippen LogP) is 0.874. The molecule has 16 heavy (non-hydrogen) atoms. The Hall–Kier alpha value is -0.440. The van der Waals surface area contributed by atoms with Gasteiger partial charge in [-0.1, -0.05) is 0 Å². The van der Waals surface area contributed by atoms with Crippen molar-refractivity contribution in [3.05, 3.63) is 15.1 Å². The lowest BCUT2D eigenvalue weighted by atomic mass is 10.1. The fraction of sp³-hybridized carbons (Fsp3) is 0.556. The molecule has 88 valence electrons. The van der Waals surface area contributed by atoms with E-state index in [4.69, 9.17) is 5.73 Å². The van der Waals surface area contributed by atoms with Crippen LogP contribution in [0.4, 0.5) is 5.82 Å². The zero-order chi connectivity index (χ0) is 11.9. The Bertz CT molecular complexity index is 507. The Kier molecular flexibility index (Phi) is 3.08. The van der Waals surface area contributed by atoms with Crippen molar-refractivity contribution in [2.45, 2.75) is 19.3 Å². The molecule has 1 atom stereocenters. The maximum atomic E-state index is 11.4. The molecular weight excluding hydrogens is 341 g/mol. The van der Waals surface area contributed by atoms with E-state index < -0.39 is 9.84 Å². The molecule has 0 aromatic carbocycles. The molecule has 1 aliphatic rings. The molecule has 7 heteroatoms. The summed E-state index contributed by atoms with van der Waals surface area (Å²) in [6.45, 7) is 1.85.